The number of hydroxylamine groups is 1. The first kappa shape index (κ1) is 10.3. The largest absolute Gasteiger partial charge is 0.468 e. The molecule has 1 heterocycles. The third-order valence-electron chi connectivity index (χ3n) is 1.51. The van der Waals surface area contributed by atoms with E-state index in [1.807, 2.05) is 39.8 Å². The molecule has 1 atom stereocenters. The molecule has 0 saturated carbocycles. The molecule has 0 aromatic carbocycles. The summed E-state index contributed by atoms with van der Waals surface area (Å²) in [5, 5.41) is 0. The molecule has 74 valence electrons. The smallest absolute Gasteiger partial charge is 0.122 e. The SMILES string of the molecule is CC(NOC(C)(C)C)c1ccco1. The minimum atomic E-state index is -0.180. The summed E-state index contributed by atoms with van der Waals surface area (Å²) in [4.78, 5) is 5.40. The predicted octanol–water partition coefficient (Wildman–Crippen LogP) is 2.66. The Morgan fingerprint density at radius 3 is 2.62 bits per heavy atom. The molecule has 1 N–H and O–H groups in total. The number of nitrogens with one attached hydrogen (secondary N) is 1. The summed E-state index contributed by atoms with van der Waals surface area (Å²) < 4.78 is 5.22. The minimum absolute atomic E-state index is 0.0780. The standard InChI is InChI=1S/C10H17NO2/c1-8(9-6-5-7-12-9)11-13-10(2,3)4/h5-8,11H,1-4H3. The lowest BCUT2D eigenvalue weighted by Crippen LogP contribution is -2.30. The van der Waals surface area contributed by atoms with Crippen LogP contribution in [0, 0.1) is 0 Å². The van der Waals surface area contributed by atoms with E-state index in [4.69, 9.17) is 9.25 Å². The zero-order chi connectivity index (χ0) is 9.90. The van der Waals surface area contributed by atoms with Crippen LogP contribution in [-0.2, 0) is 4.84 Å². The Bertz CT molecular complexity index is 236. The summed E-state index contributed by atoms with van der Waals surface area (Å²) >= 11 is 0. The first-order valence-corrected chi connectivity index (χ1v) is 4.46. The van der Waals surface area contributed by atoms with E-state index >= 15 is 0 Å². The summed E-state index contributed by atoms with van der Waals surface area (Å²) in [6, 6.07) is 3.86. The van der Waals surface area contributed by atoms with Gasteiger partial charge in [0, 0.05) is 0 Å². The van der Waals surface area contributed by atoms with E-state index in [2.05, 4.69) is 5.48 Å². The second kappa shape index (κ2) is 3.94. The lowest BCUT2D eigenvalue weighted by Gasteiger charge is -2.21. The van der Waals surface area contributed by atoms with E-state index in [0.29, 0.717) is 0 Å². The van der Waals surface area contributed by atoms with Crippen LogP contribution in [0.25, 0.3) is 0 Å². The highest BCUT2D eigenvalue weighted by Crippen LogP contribution is 2.14. The molecular weight excluding hydrogens is 166 g/mol. The molecule has 13 heavy (non-hydrogen) atoms. The molecule has 1 aromatic heterocycles. The summed E-state index contributed by atoms with van der Waals surface area (Å²) in [7, 11) is 0. The molecule has 1 rings (SSSR count). The van der Waals surface area contributed by atoms with Gasteiger partial charge in [-0.15, -0.1) is 0 Å². The second-order valence-electron chi connectivity index (χ2n) is 4.07. The predicted molar refractivity (Wildman–Crippen MR) is 51.1 cm³/mol. The van der Waals surface area contributed by atoms with Crippen LogP contribution < -0.4 is 5.48 Å². The van der Waals surface area contributed by atoms with Crippen LogP contribution in [0.2, 0.25) is 0 Å². The monoisotopic (exact) mass is 183 g/mol. The summed E-state index contributed by atoms with van der Waals surface area (Å²) in [6.45, 7) is 7.98. The van der Waals surface area contributed by atoms with Crippen LogP contribution in [0.5, 0.6) is 0 Å². The van der Waals surface area contributed by atoms with Crippen LogP contribution in [0.15, 0.2) is 22.8 Å². The van der Waals surface area contributed by atoms with E-state index in [1.165, 1.54) is 0 Å². The van der Waals surface area contributed by atoms with Crippen LogP contribution in [-0.4, -0.2) is 5.60 Å². The zero-order valence-electron chi connectivity index (χ0n) is 8.63. The highest BCUT2D eigenvalue weighted by Gasteiger charge is 2.14. The van der Waals surface area contributed by atoms with Gasteiger partial charge in [-0.3, -0.25) is 4.84 Å². The van der Waals surface area contributed by atoms with Crippen molar-refractivity contribution >= 4 is 0 Å². The van der Waals surface area contributed by atoms with E-state index in [1.54, 1.807) is 6.26 Å². The van der Waals surface area contributed by atoms with Gasteiger partial charge in [-0.05, 0) is 39.8 Å². The lowest BCUT2D eigenvalue weighted by molar-refractivity contribution is -0.0889. The van der Waals surface area contributed by atoms with Crippen molar-refractivity contribution in [2.45, 2.75) is 39.3 Å². The van der Waals surface area contributed by atoms with Crippen LogP contribution >= 0.6 is 0 Å². The van der Waals surface area contributed by atoms with Crippen molar-refractivity contribution in [2.24, 2.45) is 0 Å². The fraction of sp³-hybridized carbons (Fsp3) is 0.600. The van der Waals surface area contributed by atoms with Crippen molar-refractivity contribution in [1.29, 1.82) is 0 Å². The summed E-state index contributed by atoms with van der Waals surface area (Å²) in [5.41, 5.74) is 2.75. The Balaban J connectivity index is 2.39. The maximum atomic E-state index is 5.40. The van der Waals surface area contributed by atoms with Crippen molar-refractivity contribution in [3.8, 4) is 0 Å². The quantitative estimate of drug-likeness (QED) is 0.731. The molecule has 0 radical (unpaired) electrons. The molecule has 3 heteroatoms. The van der Waals surface area contributed by atoms with Gasteiger partial charge in [0.05, 0.1) is 17.9 Å². The molecule has 0 aliphatic heterocycles. The molecule has 0 spiro atoms. The summed E-state index contributed by atoms with van der Waals surface area (Å²) in [6.07, 6.45) is 1.66. The van der Waals surface area contributed by atoms with Crippen molar-refractivity contribution in [3.63, 3.8) is 0 Å². The number of rotatable bonds is 3. The molecule has 0 aliphatic carbocycles. The zero-order valence-corrected chi connectivity index (χ0v) is 8.63. The normalized spacial score (nSPS) is 14.5. The third kappa shape index (κ3) is 3.61. The van der Waals surface area contributed by atoms with Crippen LogP contribution in [0.1, 0.15) is 39.5 Å². The van der Waals surface area contributed by atoms with E-state index < -0.39 is 0 Å². The van der Waals surface area contributed by atoms with Crippen molar-refractivity contribution in [2.75, 3.05) is 0 Å². The fourth-order valence-electron chi connectivity index (χ4n) is 0.861. The number of furan rings is 1. The van der Waals surface area contributed by atoms with E-state index in [-0.39, 0.29) is 11.6 Å². The Morgan fingerprint density at radius 2 is 2.15 bits per heavy atom. The van der Waals surface area contributed by atoms with E-state index in [9.17, 15) is 0 Å². The highest BCUT2D eigenvalue weighted by molar-refractivity contribution is 5.02. The Kier molecular flexibility index (Phi) is 3.12. The van der Waals surface area contributed by atoms with Gasteiger partial charge in [-0.25, -0.2) is 0 Å². The average molecular weight is 183 g/mol. The van der Waals surface area contributed by atoms with Crippen molar-refractivity contribution in [1.82, 2.24) is 5.48 Å². The minimum Gasteiger partial charge on any atom is -0.468 e. The molecular formula is C10H17NO2. The average Bonchev–Trinajstić information content (AvgIpc) is 2.50. The highest BCUT2D eigenvalue weighted by atomic mass is 16.7. The molecule has 0 bridgehead atoms. The summed E-state index contributed by atoms with van der Waals surface area (Å²) in [5.74, 6) is 0.879. The lowest BCUT2D eigenvalue weighted by atomic mass is 10.2. The molecule has 0 fully saturated rings. The van der Waals surface area contributed by atoms with Gasteiger partial charge < -0.3 is 4.42 Å². The molecule has 0 saturated heterocycles. The van der Waals surface area contributed by atoms with Gasteiger partial charge in [-0.2, -0.15) is 5.48 Å². The van der Waals surface area contributed by atoms with Gasteiger partial charge in [0.15, 0.2) is 0 Å². The molecule has 1 unspecified atom stereocenters. The maximum Gasteiger partial charge on any atom is 0.122 e. The van der Waals surface area contributed by atoms with Gasteiger partial charge in [0.25, 0.3) is 0 Å². The molecule has 3 nitrogen and oxygen atoms in total. The third-order valence-corrected chi connectivity index (χ3v) is 1.51. The molecule has 0 aliphatic rings. The van der Waals surface area contributed by atoms with Crippen molar-refractivity contribution < 1.29 is 9.25 Å². The van der Waals surface area contributed by atoms with Crippen LogP contribution in [0.4, 0.5) is 0 Å². The van der Waals surface area contributed by atoms with Gasteiger partial charge in [-0.1, -0.05) is 0 Å². The Morgan fingerprint density at radius 1 is 1.46 bits per heavy atom. The number of hydrogen-bond donors (Lipinski definition) is 1. The Hall–Kier alpha value is -0.800. The van der Waals surface area contributed by atoms with Gasteiger partial charge in [0.2, 0.25) is 0 Å². The first-order valence-electron chi connectivity index (χ1n) is 4.46. The Labute approximate surface area is 79.0 Å². The van der Waals surface area contributed by atoms with Gasteiger partial charge >= 0.3 is 0 Å². The maximum absolute atomic E-state index is 5.40. The first-order chi connectivity index (χ1) is 5.99. The molecule has 0 amide bonds. The van der Waals surface area contributed by atoms with E-state index in [0.717, 1.165) is 5.76 Å². The number of hydrogen-bond acceptors (Lipinski definition) is 3. The van der Waals surface area contributed by atoms with Gasteiger partial charge in [0.1, 0.15) is 5.76 Å². The fourth-order valence-corrected chi connectivity index (χ4v) is 0.861. The second-order valence-corrected chi connectivity index (χ2v) is 4.07. The van der Waals surface area contributed by atoms with Crippen molar-refractivity contribution in [3.05, 3.63) is 24.2 Å². The molecule has 1 aromatic rings. The topological polar surface area (TPSA) is 34.4 Å². The van der Waals surface area contributed by atoms with Crippen LogP contribution in [0.3, 0.4) is 0 Å².